The van der Waals surface area contributed by atoms with Gasteiger partial charge < -0.3 is 5.32 Å². The molecule has 0 bridgehead atoms. The third kappa shape index (κ3) is 3.06. The summed E-state index contributed by atoms with van der Waals surface area (Å²) >= 11 is 0. The van der Waals surface area contributed by atoms with E-state index in [1.807, 2.05) is 0 Å². The van der Waals surface area contributed by atoms with Gasteiger partial charge in [0.1, 0.15) is 0 Å². The predicted octanol–water partition coefficient (Wildman–Crippen LogP) is 0.592. The number of rotatable bonds is 4. The molecule has 2 unspecified atom stereocenters. The van der Waals surface area contributed by atoms with Crippen molar-refractivity contribution >= 4 is 6.29 Å². The maximum Gasteiger partial charge on any atom is 0.217 e. The zero-order chi connectivity index (χ0) is 12.1. The maximum absolute atomic E-state index is 11.1. The topological polar surface area (TPSA) is 35.6 Å². The molecule has 2 aliphatic rings. The minimum absolute atomic E-state index is 0.00446. The van der Waals surface area contributed by atoms with Crippen molar-refractivity contribution in [3.63, 3.8) is 0 Å². The molecule has 0 aromatic carbocycles. The van der Waals surface area contributed by atoms with Crippen molar-refractivity contribution in [2.75, 3.05) is 32.7 Å². The van der Waals surface area contributed by atoms with E-state index in [-0.39, 0.29) is 6.04 Å². The van der Waals surface area contributed by atoms with E-state index in [1.54, 1.807) is 0 Å². The van der Waals surface area contributed by atoms with Crippen LogP contribution >= 0.6 is 0 Å². The van der Waals surface area contributed by atoms with Crippen LogP contribution in [0.5, 0.6) is 0 Å². The molecule has 0 aliphatic carbocycles. The van der Waals surface area contributed by atoms with Crippen molar-refractivity contribution in [1.82, 2.24) is 15.1 Å². The fraction of sp³-hybridized carbons (Fsp3) is 0.923. The predicted molar refractivity (Wildman–Crippen MR) is 68.6 cm³/mol. The lowest BCUT2D eigenvalue weighted by Crippen LogP contribution is -2.59. The minimum atomic E-state index is -0.00446. The summed E-state index contributed by atoms with van der Waals surface area (Å²) in [5.74, 6) is 0. The summed E-state index contributed by atoms with van der Waals surface area (Å²) in [4.78, 5) is 16.0. The van der Waals surface area contributed by atoms with Gasteiger partial charge in [-0.05, 0) is 25.7 Å². The first-order valence-electron chi connectivity index (χ1n) is 6.95. The van der Waals surface area contributed by atoms with E-state index < -0.39 is 0 Å². The van der Waals surface area contributed by atoms with E-state index in [0.29, 0.717) is 6.17 Å². The molecule has 1 radical (unpaired) electrons. The summed E-state index contributed by atoms with van der Waals surface area (Å²) in [6, 6.07) is -0.00446. The van der Waals surface area contributed by atoms with E-state index in [1.165, 1.54) is 19.3 Å². The number of piperidine rings is 1. The van der Waals surface area contributed by atoms with Crippen LogP contribution in [0.2, 0.25) is 0 Å². The summed E-state index contributed by atoms with van der Waals surface area (Å²) in [6.07, 6.45) is 7.30. The fourth-order valence-electron chi connectivity index (χ4n) is 3.06. The molecule has 0 aromatic rings. The highest BCUT2D eigenvalue weighted by Gasteiger charge is 2.32. The summed E-state index contributed by atoms with van der Waals surface area (Å²) in [7, 11) is 0. The van der Waals surface area contributed by atoms with Crippen molar-refractivity contribution in [2.45, 2.75) is 44.8 Å². The monoisotopic (exact) mass is 238 g/mol. The first-order valence-corrected chi connectivity index (χ1v) is 6.95. The normalized spacial score (nSPS) is 30.1. The summed E-state index contributed by atoms with van der Waals surface area (Å²) in [5.41, 5.74) is 0. The highest BCUT2D eigenvalue weighted by atomic mass is 16.1. The molecule has 0 amide bonds. The van der Waals surface area contributed by atoms with E-state index in [0.717, 1.165) is 39.1 Å². The van der Waals surface area contributed by atoms with Gasteiger partial charge in [-0.1, -0.05) is 6.92 Å². The Hall–Kier alpha value is -0.450. The Bertz CT molecular complexity index is 241. The second-order valence-corrected chi connectivity index (χ2v) is 5.04. The standard InChI is InChI=1S/C13H24N3O/c1-2-12(11-17)16-8-4-3-5-13(16)15-9-6-14-7-10-15/h12-14H,2-10H2,1H3. The Morgan fingerprint density at radius 3 is 2.71 bits per heavy atom. The molecule has 2 fully saturated rings. The summed E-state index contributed by atoms with van der Waals surface area (Å²) in [6.45, 7) is 7.51. The van der Waals surface area contributed by atoms with Crippen molar-refractivity contribution in [3.8, 4) is 0 Å². The maximum atomic E-state index is 11.1. The Morgan fingerprint density at radius 1 is 1.29 bits per heavy atom. The average Bonchev–Trinajstić information content (AvgIpc) is 2.42. The molecule has 2 rings (SSSR count). The smallest absolute Gasteiger partial charge is 0.217 e. The molecule has 1 N–H and O–H groups in total. The number of carbonyl (C=O) groups excluding carboxylic acids is 1. The van der Waals surface area contributed by atoms with Crippen LogP contribution < -0.4 is 5.32 Å². The van der Waals surface area contributed by atoms with Crippen LogP contribution in [0.25, 0.3) is 0 Å². The van der Waals surface area contributed by atoms with E-state index in [2.05, 4.69) is 28.3 Å². The molecular formula is C13H24N3O. The average molecular weight is 238 g/mol. The summed E-state index contributed by atoms with van der Waals surface area (Å²) in [5, 5.41) is 3.39. The number of hydrogen-bond donors (Lipinski definition) is 1. The Kier molecular flexibility index (Phi) is 4.95. The van der Waals surface area contributed by atoms with E-state index in [9.17, 15) is 4.79 Å². The first kappa shape index (κ1) is 13.0. The molecule has 2 atom stereocenters. The van der Waals surface area contributed by atoms with Gasteiger partial charge in [-0.2, -0.15) is 0 Å². The molecule has 17 heavy (non-hydrogen) atoms. The number of piperazine rings is 1. The third-order valence-corrected chi connectivity index (χ3v) is 4.01. The van der Waals surface area contributed by atoms with Crippen molar-refractivity contribution < 1.29 is 4.79 Å². The molecule has 0 aromatic heterocycles. The van der Waals surface area contributed by atoms with E-state index >= 15 is 0 Å². The highest BCUT2D eigenvalue weighted by molar-refractivity contribution is 5.58. The van der Waals surface area contributed by atoms with Gasteiger partial charge in [0.15, 0.2) is 0 Å². The van der Waals surface area contributed by atoms with Gasteiger partial charge in [-0.15, -0.1) is 0 Å². The van der Waals surface area contributed by atoms with Crippen molar-refractivity contribution in [1.29, 1.82) is 0 Å². The van der Waals surface area contributed by atoms with Gasteiger partial charge in [0.25, 0.3) is 0 Å². The Balaban J connectivity index is 2.02. The second-order valence-electron chi connectivity index (χ2n) is 5.04. The SMILES string of the molecule is CCC([C]=O)N1CCCCC1N1CCNCC1. The Morgan fingerprint density at radius 2 is 2.06 bits per heavy atom. The van der Waals surface area contributed by atoms with Crippen molar-refractivity contribution in [3.05, 3.63) is 0 Å². The molecule has 4 nitrogen and oxygen atoms in total. The molecule has 2 heterocycles. The van der Waals surface area contributed by atoms with Gasteiger partial charge in [-0.3, -0.25) is 14.6 Å². The molecule has 2 saturated heterocycles. The minimum Gasteiger partial charge on any atom is -0.314 e. The Labute approximate surface area is 104 Å². The second kappa shape index (κ2) is 6.47. The summed E-state index contributed by atoms with van der Waals surface area (Å²) < 4.78 is 0. The molecule has 4 heteroatoms. The highest BCUT2D eigenvalue weighted by Crippen LogP contribution is 2.23. The van der Waals surface area contributed by atoms with Crippen LogP contribution in [0.3, 0.4) is 0 Å². The van der Waals surface area contributed by atoms with Gasteiger partial charge in [0.2, 0.25) is 6.29 Å². The first-order chi connectivity index (χ1) is 8.36. The van der Waals surface area contributed by atoms with Gasteiger partial charge >= 0.3 is 0 Å². The lowest BCUT2D eigenvalue weighted by atomic mass is 10.0. The quantitative estimate of drug-likeness (QED) is 0.777. The number of likely N-dealkylation sites (tertiary alicyclic amines) is 1. The van der Waals surface area contributed by atoms with Crippen LogP contribution in [0.4, 0.5) is 0 Å². The van der Waals surface area contributed by atoms with Gasteiger partial charge in [-0.25, -0.2) is 0 Å². The zero-order valence-corrected chi connectivity index (χ0v) is 10.8. The van der Waals surface area contributed by atoms with Crippen LogP contribution in [0, 0.1) is 0 Å². The van der Waals surface area contributed by atoms with Crippen LogP contribution in [-0.2, 0) is 4.79 Å². The van der Waals surface area contributed by atoms with E-state index in [4.69, 9.17) is 0 Å². The fourth-order valence-corrected chi connectivity index (χ4v) is 3.06. The third-order valence-electron chi connectivity index (χ3n) is 4.01. The van der Waals surface area contributed by atoms with Crippen LogP contribution in [0.1, 0.15) is 32.6 Å². The van der Waals surface area contributed by atoms with Crippen LogP contribution in [0.15, 0.2) is 0 Å². The lowest BCUT2D eigenvalue weighted by Gasteiger charge is -2.46. The number of hydrogen-bond acceptors (Lipinski definition) is 4. The largest absolute Gasteiger partial charge is 0.314 e. The number of nitrogens with zero attached hydrogens (tertiary/aromatic N) is 2. The number of nitrogens with one attached hydrogen (secondary N) is 1. The van der Waals surface area contributed by atoms with Crippen LogP contribution in [-0.4, -0.2) is 61.0 Å². The van der Waals surface area contributed by atoms with Gasteiger partial charge in [0, 0.05) is 32.7 Å². The molecule has 0 spiro atoms. The molecule has 2 aliphatic heterocycles. The molecular weight excluding hydrogens is 214 g/mol. The zero-order valence-electron chi connectivity index (χ0n) is 10.8. The lowest BCUT2D eigenvalue weighted by molar-refractivity contribution is -0.00620. The van der Waals surface area contributed by atoms with Gasteiger partial charge in [0.05, 0.1) is 12.2 Å². The molecule has 97 valence electrons. The molecule has 0 saturated carbocycles. The van der Waals surface area contributed by atoms with Crippen molar-refractivity contribution in [2.24, 2.45) is 0 Å².